The highest BCUT2D eigenvalue weighted by molar-refractivity contribution is 5.77. The molecular formula is C21H27N5O3. The maximum absolute atomic E-state index is 12.7. The van der Waals surface area contributed by atoms with Crippen molar-refractivity contribution in [2.24, 2.45) is 7.05 Å². The lowest BCUT2D eigenvalue weighted by atomic mass is 9.87. The average Bonchev–Trinajstić information content (AvgIpc) is 3.37. The predicted octanol–water partition coefficient (Wildman–Crippen LogP) is 1.90. The number of nitrogens with zero attached hydrogens (tertiary/aromatic N) is 5. The number of likely N-dealkylation sites (N-methyl/N-ethyl adjacent to an activating group) is 1. The van der Waals surface area contributed by atoms with Crippen molar-refractivity contribution in [1.29, 1.82) is 0 Å². The molecule has 3 aromatic rings. The Morgan fingerprint density at radius 2 is 2.17 bits per heavy atom. The molecule has 3 atom stereocenters. The number of para-hydroxylation sites is 2. The van der Waals surface area contributed by atoms with Crippen molar-refractivity contribution in [3.63, 3.8) is 0 Å². The van der Waals surface area contributed by atoms with E-state index in [9.17, 15) is 9.90 Å². The highest BCUT2D eigenvalue weighted by Crippen LogP contribution is 2.31. The number of fused-ring (bicyclic) bond motifs is 1. The van der Waals surface area contributed by atoms with Crippen LogP contribution in [0.4, 0.5) is 0 Å². The lowest BCUT2D eigenvalue weighted by Gasteiger charge is -2.40. The summed E-state index contributed by atoms with van der Waals surface area (Å²) in [6.07, 6.45) is 7.25. The number of imidazole rings is 2. The number of aromatic nitrogens is 4. The number of rotatable bonds is 6. The van der Waals surface area contributed by atoms with E-state index in [4.69, 9.17) is 4.74 Å². The van der Waals surface area contributed by atoms with E-state index in [0.29, 0.717) is 0 Å². The molecule has 4 rings (SSSR count). The largest absolute Gasteiger partial charge is 0.389 e. The van der Waals surface area contributed by atoms with E-state index < -0.39 is 6.10 Å². The summed E-state index contributed by atoms with van der Waals surface area (Å²) in [5.74, 6) is 0.638. The van der Waals surface area contributed by atoms with Crippen molar-refractivity contribution in [2.45, 2.75) is 44.1 Å². The topological polar surface area (TPSA) is 85.4 Å². The first-order chi connectivity index (χ1) is 14.1. The van der Waals surface area contributed by atoms with Gasteiger partial charge in [0, 0.05) is 26.5 Å². The first kappa shape index (κ1) is 19.6. The molecule has 8 heteroatoms. The minimum absolute atomic E-state index is 0.0430. The van der Waals surface area contributed by atoms with E-state index in [1.165, 1.54) is 0 Å². The van der Waals surface area contributed by atoms with Gasteiger partial charge in [-0.05, 0) is 31.4 Å². The van der Waals surface area contributed by atoms with Gasteiger partial charge in [0.25, 0.3) is 0 Å². The van der Waals surface area contributed by atoms with Gasteiger partial charge in [-0.25, -0.2) is 9.97 Å². The fourth-order valence-electron chi connectivity index (χ4n) is 4.19. The molecule has 0 bridgehead atoms. The second-order valence-electron chi connectivity index (χ2n) is 7.64. The summed E-state index contributed by atoms with van der Waals surface area (Å²) in [5, 5.41) is 10.8. The molecule has 1 aliphatic carbocycles. The van der Waals surface area contributed by atoms with E-state index in [-0.39, 0.29) is 31.2 Å². The van der Waals surface area contributed by atoms with Crippen molar-refractivity contribution < 1.29 is 14.6 Å². The number of ether oxygens (including phenoxy) is 1. The first-order valence-corrected chi connectivity index (χ1v) is 9.95. The van der Waals surface area contributed by atoms with Gasteiger partial charge in [-0.2, -0.15) is 0 Å². The van der Waals surface area contributed by atoms with Gasteiger partial charge in [-0.15, -0.1) is 0 Å². The van der Waals surface area contributed by atoms with Gasteiger partial charge >= 0.3 is 0 Å². The zero-order valence-corrected chi connectivity index (χ0v) is 16.8. The Morgan fingerprint density at radius 1 is 1.34 bits per heavy atom. The Morgan fingerprint density at radius 3 is 2.93 bits per heavy atom. The zero-order valence-electron chi connectivity index (χ0n) is 16.8. The van der Waals surface area contributed by atoms with Crippen molar-refractivity contribution in [1.82, 2.24) is 24.0 Å². The van der Waals surface area contributed by atoms with Crippen LogP contribution >= 0.6 is 0 Å². The van der Waals surface area contributed by atoms with E-state index >= 15 is 0 Å². The maximum Gasteiger partial charge on any atom is 0.248 e. The molecule has 1 aromatic carbocycles. The SMILES string of the molecule is CN(C(=O)COCc1nc2ccccc2n1C)[C@@H]1CCC[C@@H](n2ccnc2)[C@@H]1O. The number of carbonyl (C=O) groups is 1. The summed E-state index contributed by atoms with van der Waals surface area (Å²) in [7, 11) is 3.68. The second-order valence-corrected chi connectivity index (χ2v) is 7.64. The summed E-state index contributed by atoms with van der Waals surface area (Å²) < 4.78 is 9.57. The first-order valence-electron chi connectivity index (χ1n) is 9.95. The molecule has 0 spiro atoms. The van der Waals surface area contributed by atoms with Crippen LogP contribution in [0.1, 0.15) is 31.1 Å². The van der Waals surface area contributed by atoms with E-state index in [1.807, 2.05) is 46.6 Å². The van der Waals surface area contributed by atoms with Crippen molar-refractivity contribution in [2.75, 3.05) is 13.7 Å². The van der Waals surface area contributed by atoms with Crippen LogP contribution in [0.2, 0.25) is 0 Å². The van der Waals surface area contributed by atoms with Gasteiger partial charge in [0.15, 0.2) is 0 Å². The molecule has 29 heavy (non-hydrogen) atoms. The number of amides is 1. The highest BCUT2D eigenvalue weighted by Gasteiger charge is 2.36. The standard InChI is InChI=1S/C21H27N5O3/c1-24-16-7-4-3-6-15(16)23-19(24)12-29-13-20(27)25(2)17-8-5-9-18(21(17)28)26-11-10-22-14-26/h3-4,6-7,10-11,14,17-18,21,28H,5,8-9,12-13H2,1-2H3/t17-,18-,21-/m1/s1. The Kier molecular flexibility index (Phi) is 5.64. The zero-order chi connectivity index (χ0) is 20.4. The van der Waals surface area contributed by atoms with Crippen LogP contribution in [-0.4, -0.2) is 60.8 Å². The van der Waals surface area contributed by atoms with Gasteiger partial charge in [0.2, 0.25) is 5.91 Å². The number of aliphatic hydroxyl groups excluding tert-OH is 1. The molecule has 0 aliphatic heterocycles. The Balaban J connectivity index is 1.34. The molecule has 1 N–H and O–H groups in total. The fourth-order valence-corrected chi connectivity index (χ4v) is 4.19. The number of aliphatic hydroxyl groups is 1. The van der Waals surface area contributed by atoms with Gasteiger partial charge in [-0.1, -0.05) is 12.1 Å². The molecule has 2 aromatic heterocycles. The van der Waals surface area contributed by atoms with Crippen LogP contribution < -0.4 is 0 Å². The average molecular weight is 397 g/mol. The van der Waals surface area contributed by atoms with E-state index in [2.05, 4.69) is 9.97 Å². The van der Waals surface area contributed by atoms with E-state index in [0.717, 1.165) is 36.1 Å². The van der Waals surface area contributed by atoms with Gasteiger partial charge in [0.05, 0.1) is 35.5 Å². The molecule has 1 aliphatic rings. The summed E-state index contributed by atoms with van der Waals surface area (Å²) in [5.41, 5.74) is 1.94. The predicted molar refractivity (Wildman–Crippen MR) is 108 cm³/mol. The minimum Gasteiger partial charge on any atom is -0.389 e. The number of aryl methyl sites for hydroxylation is 1. The summed E-state index contributed by atoms with van der Waals surface area (Å²) in [4.78, 5) is 22.9. The van der Waals surface area contributed by atoms with Gasteiger partial charge < -0.3 is 23.9 Å². The summed E-state index contributed by atoms with van der Waals surface area (Å²) in [6, 6.07) is 7.59. The maximum atomic E-state index is 12.7. The number of carbonyl (C=O) groups excluding carboxylic acids is 1. The third kappa shape index (κ3) is 3.90. The Labute approximate surface area is 169 Å². The molecule has 8 nitrogen and oxygen atoms in total. The van der Waals surface area contributed by atoms with Crippen LogP contribution in [-0.2, 0) is 23.2 Å². The number of benzene rings is 1. The molecule has 0 saturated heterocycles. The third-order valence-corrected chi connectivity index (χ3v) is 5.92. The Bertz CT molecular complexity index is 968. The van der Waals surface area contributed by atoms with Crippen LogP contribution in [0.3, 0.4) is 0 Å². The quantitative estimate of drug-likeness (QED) is 0.687. The van der Waals surface area contributed by atoms with Crippen LogP contribution in [0.15, 0.2) is 43.0 Å². The molecule has 1 fully saturated rings. The lowest BCUT2D eigenvalue weighted by Crippen LogP contribution is -2.51. The molecule has 0 radical (unpaired) electrons. The van der Waals surface area contributed by atoms with Gasteiger partial charge in [0.1, 0.15) is 19.0 Å². The monoisotopic (exact) mass is 397 g/mol. The molecule has 1 saturated carbocycles. The smallest absolute Gasteiger partial charge is 0.248 e. The van der Waals surface area contributed by atoms with Crippen molar-refractivity contribution in [3.8, 4) is 0 Å². The highest BCUT2D eigenvalue weighted by atomic mass is 16.5. The summed E-state index contributed by atoms with van der Waals surface area (Å²) in [6.45, 7) is 0.217. The molecule has 154 valence electrons. The van der Waals surface area contributed by atoms with Crippen LogP contribution in [0, 0.1) is 0 Å². The molecule has 0 unspecified atom stereocenters. The van der Waals surface area contributed by atoms with Crippen molar-refractivity contribution >= 4 is 16.9 Å². The molecule has 1 amide bonds. The van der Waals surface area contributed by atoms with E-state index in [1.54, 1.807) is 24.5 Å². The molecular weight excluding hydrogens is 370 g/mol. The van der Waals surface area contributed by atoms with Crippen LogP contribution in [0.25, 0.3) is 11.0 Å². The normalized spacial score (nSPS) is 22.1. The van der Waals surface area contributed by atoms with Crippen LogP contribution in [0.5, 0.6) is 0 Å². The van der Waals surface area contributed by atoms with Crippen molar-refractivity contribution in [3.05, 3.63) is 48.8 Å². The summed E-state index contributed by atoms with van der Waals surface area (Å²) >= 11 is 0. The molecule has 2 heterocycles. The second kappa shape index (κ2) is 8.34. The Hall–Kier alpha value is -2.71. The fraction of sp³-hybridized carbons (Fsp3) is 0.476. The van der Waals surface area contributed by atoms with Gasteiger partial charge in [-0.3, -0.25) is 4.79 Å². The number of hydrogen-bond donors (Lipinski definition) is 1. The third-order valence-electron chi connectivity index (χ3n) is 5.92. The minimum atomic E-state index is -0.633. The number of hydrogen-bond acceptors (Lipinski definition) is 5. The lowest BCUT2D eigenvalue weighted by molar-refractivity contribution is -0.141.